The van der Waals surface area contributed by atoms with Gasteiger partial charge in [-0.15, -0.1) is 0 Å². The van der Waals surface area contributed by atoms with Crippen LogP contribution in [0.15, 0.2) is 27.9 Å². The van der Waals surface area contributed by atoms with Crippen LogP contribution in [-0.2, 0) is 14.3 Å². The predicted octanol–water partition coefficient (Wildman–Crippen LogP) is 2.20. The maximum Gasteiger partial charge on any atom is 0.422 e. The molecule has 0 saturated heterocycles. The summed E-state index contributed by atoms with van der Waals surface area (Å²) in [6, 6.07) is 1.78. The molecule has 12 heteroatoms. The molecule has 1 aliphatic rings. The van der Waals surface area contributed by atoms with E-state index in [0.717, 1.165) is 24.1 Å². The normalized spacial score (nSPS) is 14.5. The van der Waals surface area contributed by atoms with Crippen LogP contribution in [0.1, 0.15) is 0 Å². The molecule has 0 fully saturated rings. The average molecular weight is 471 g/mol. The van der Waals surface area contributed by atoms with E-state index < -0.39 is 36.2 Å². The third-order valence-corrected chi connectivity index (χ3v) is 4.23. The quantitative estimate of drug-likeness (QED) is 0.469. The summed E-state index contributed by atoms with van der Waals surface area (Å²) in [5.74, 6) is -2.79. The van der Waals surface area contributed by atoms with E-state index in [4.69, 9.17) is 9.84 Å². The number of benzene rings is 1. The Bertz CT molecular complexity index is 813. The van der Waals surface area contributed by atoms with Crippen LogP contribution < -0.4 is 10.1 Å². The number of carbonyl (C=O) groups excluding carboxylic acids is 2. The molecule has 1 aliphatic heterocycles. The zero-order valence-electron chi connectivity index (χ0n) is 14.4. The molecule has 2 N–H and O–H groups in total. The monoisotopic (exact) mass is 470 g/mol. The Labute approximate surface area is 165 Å². The first-order chi connectivity index (χ1) is 13.1. The van der Waals surface area contributed by atoms with Crippen LogP contribution in [0, 0.1) is 5.82 Å². The van der Waals surface area contributed by atoms with Gasteiger partial charge in [-0.25, -0.2) is 9.18 Å². The number of alkyl halides is 3. The van der Waals surface area contributed by atoms with Crippen molar-refractivity contribution >= 4 is 33.5 Å². The summed E-state index contributed by atoms with van der Waals surface area (Å²) < 4.78 is 60.5. The van der Waals surface area contributed by atoms with Crippen molar-refractivity contribution in [3.8, 4) is 5.75 Å². The largest absolute Gasteiger partial charge is 0.482 e. The average Bonchev–Trinajstić information content (AvgIpc) is 2.92. The van der Waals surface area contributed by atoms with E-state index in [1.54, 1.807) is 0 Å². The van der Waals surface area contributed by atoms with Crippen LogP contribution in [0.3, 0.4) is 0 Å². The van der Waals surface area contributed by atoms with Crippen LogP contribution in [0.2, 0.25) is 0 Å². The third kappa shape index (κ3) is 5.13. The number of aliphatic hydroxyl groups excluding tert-OH is 1. The van der Waals surface area contributed by atoms with Gasteiger partial charge >= 0.3 is 12.1 Å². The van der Waals surface area contributed by atoms with Gasteiger partial charge in [0, 0.05) is 12.6 Å². The smallest absolute Gasteiger partial charge is 0.422 e. The molecular weight excluding hydrogens is 456 g/mol. The van der Waals surface area contributed by atoms with Gasteiger partial charge in [-0.1, -0.05) is 0 Å². The van der Waals surface area contributed by atoms with Crippen molar-refractivity contribution in [2.24, 2.45) is 0 Å². The molecule has 0 radical (unpaired) electrons. The summed E-state index contributed by atoms with van der Waals surface area (Å²) in [6.07, 6.45) is -4.64. The molecule has 1 aromatic rings. The summed E-state index contributed by atoms with van der Waals surface area (Å²) in [6.45, 7) is -2.30. The lowest BCUT2D eigenvalue weighted by Crippen LogP contribution is -2.31. The molecule has 1 aromatic carbocycles. The van der Waals surface area contributed by atoms with Gasteiger partial charge < -0.3 is 24.8 Å². The van der Waals surface area contributed by atoms with E-state index in [1.807, 2.05) is 0 Å². The zero-order chi connectivity index (χ0) is 21.1. The predicted molar refractivity (Wildman–Crippen MR) is 92.0 cm³/mol. The minimum absolute atomic E-state index is 0.0867. The van der Waals surface area contributed by atoms with E-state index in [-0.39, 0.29) is 41.1 Å². The van der Waals surface area contributed by atoms with Gasteiger partial charge in [-0.3, -0.25) is 4.79 Å². The number of ether oxygens (including phenoxy) is 2. The highest BCUT2D eigenvalue weighted by atomic mass is 79.9. The minimum atomic E-state index is -4.64. The molecule has 0 saturated carbocycles. The third-order valence-electron chi connectivity index (χ3n) is 3.63. The molecule has 7 nitrogen and oxygen atoms in total. The lowest BCUT2D eigenvalue weighted by molar-refractivity contribution is -0.153. The van der Waals surface area contributed by atoms with Crippen molar-refractivity contribution in [2.75, 3.05) is 38.7 Å². The van der Waals surface area contributed by atoms with Gasteiger partial charge in [-0.2, -0.15) is 13.2 Å². The van der Waals surface area contributed by atoms with Crippen molar-refractivity contribution in [3.05, 3.63) is 33.7 Å². The molecule has 2 rings (SSSR count). The Balaban J connectivity index is 2.41. The summed E-state index contributed by atoms with van der Waals surface area (Å²) in [4.78, 5) is 25.5. The van der Waals surface area contributed by atoms with Crippen LogP contribution >= 0.6 is 15.9 Å². The van der Waals surface area contributed by atoms with Crippen molar-refractivity contribution in [1.82, 2.24) is 4.90 Å². The number of nitrogens with one attached hydrogen (secondary N) is 1. The molecule has 1 amide bonds. The number of aliphatic hydroxyl groups is 1. The number of β-amino-alcohol motifs (C(OH)–C–C–N with tert-alkyl or cyclic N) is 1. The first kappa shape index (κ1) is 22.0. The van der Waals surface area contributed by atoms with Crippen LogP contribution in [-0.4, -0.2) is 61.5 Å². The second-order valence-corrected chi connectivity index (χ2v) is 6.44. The second-order valence-electron chi connectivity index (χ2n) is 5.59. The molecule has 0 aromatic heterocycles. The van der Waals surface area contributed by atoms with E-state index >= 15 is 0 Å². The van der Waals surface area contributed by atoms with Gasteiger partial charge in [0.15, 0.2) is 6.61 Å². The molecule has 0 bridgehead atoms. The Hall–Kier alpha value is -2.34. The number of anilines is 1. The molecule has 0 atom stereocenters. The maximum absolute atomic E-state index is 13.9. The number of carbonyl (C=O) groups is 2. The SMILES string of the molecule is COC(=O)C1=C(Nc2cc(F)c(Br)cc2OCC(F)(F)F)C(=O)N(CCO)C1. The fraction of sp³-hybridized carbons (Fsp3) is 0.375. The van der Waals surface area contributed by atoms with E-state index in [1.165, 1.54) is 0 Å². The van der Waals surface area contributed by atoms with E-state index in [0.29, 0.717) is 0 Å². The Morgan fingerprint density at radius 3 is 2.64 bits per heavy atom. The fourth-order valence-electron chi connectivity index (χ4n) is 2.39. The summed E-state index contributed by atoms with van der Waals surface area (Å²) in [5, 5.41) is 11.5. The summed E-state index contributed by atoms with van der Waals surface area (Å²) in [5.41, 5.74) is -0.717. The molecule has 154 valence electrons. The zero-order valence-corrected chi connectivity index (χ0v) is 16.0. The molecule has 28 heavy (non-hydrogen) atoms. The molecule has 0 spiro atoms. The number of methoxy groups -OCH3 is 1. The number of hydrogen-bond donors (Lipinski definition) is 2. The van der Waals surface area contributed by atoms with E-state index in [2.05, 4.69) is 26.0 Å². The van der Waals surface area contributed by atoms with Crippen LogP contribution in [0.4, 0.5) is 23.2 Å². The maximum atomic E-state index is 13.9. The molecule has 0 unspecified atom stereocenters. The number of amides is 1. The molecule has 0 aliphatic carbocycles. The topological polar surface area (TPSA) is 88.1 Å². The highest BCUT2D eigenvalue weighted by Crippen LogP contribution is 2.34. The summed E-state index contributed by atoms with van der Waals surface area (Å²) >= 11 is 2.85. The van der Waals surface area contributed by atoms with Gasteiger partial charge in [-0.05, 0) is 22.0 Å². The van der Waals surface area contributed by atoms with Gasteiger partial charge in [0.2, 0.25) is 0 Å². The number of rotatable bonds is 7. The Morgan fingerprint density at radius 1 is 1.39 bits per heavy atom. The fourth-order valence-corrected chi connectivity index (χ4v) is 2.71. The number of halogens is 5. The van der Waals surface area contributed by atoms with Gasteiger partial charge in [0.25, 0.3) is 5.91 Å². The highest BCUT2D eigenvalue weighted by Gasteiger charge is 2.35. The number of esters is 1. The minimum Gasteiger partial charge on any atom is -0.482 e. The standard InChI is InChI=1S/C16H15BrF4N2O5/c1-27-15(26)8-6-23(2-3-24)14(25)13(8)22-11-5-10(18)9(17)4-12(11)28-7-16(19,20)21/h4-5,22,24H,2-3,6-7H2,1H3. The second kappa shape index (κ2) is 8.78. The number of hydrogen-bond acceptors (Lipinski definition) is 6. The van der Waals surface area contributed by atoms with Crippen LogP contribution in [0.25, 0.3) is 0 Å². The van der Waals surface area contributed by atoms with Crippen molar-refractivity contribution < 1.29 is 41.7 Å². The van der Waals surface area contributed by atoms with Crippen molar-refractivity contribution in [2.45, 2.75) is 6.18 Å². The summed E-state index contributed by atoms with van der Waals surface area (Å²) in [7, 11) is 1.09. The van der Waals surface area contributed by atoms with Crippen LogP contribution in [0.5, 0.6) is 5.75 Å². The first-order valence-electron chi connectivity index (χ1n) is 7.74. The van der Waals surface area contributed by atoms with Crippen molar-refractivity contribution in [3.63, 3.8) is 0 Å². The van der Waals surface area contributed by atoms with Gasteiger partial charge in [0.1, 0.15) is 17.3 Å². The number of nitrogens with zero attached hydrogens (tertiary/aromatic N) is 1. The highest BCUT2D eigenvalue weighted by molar-refractivity contribution is 9.10. The lowest BCUT2D eigenvalue weighted by Gasteiger charge is -2.17. The van der Waals surface area contributed by atoms with Crippen molar-refractivity contribution in [1.29, 1.82) is 0 Å². The molecule has 1 heterocycles. The van der Waals surface area contributed by atoms with E-state index in [9.17, 15) is 27.2 Å². The Kier molecular flexibility index (Phi) is 6.88. The van der Waals surface area contributed by atoms with Gasteiger partial charge in [0.05, 0.1) is 36.0 Å². The Morgan fingerprint density at radius 2 is 2.07 bits per heavy atom. The first-order valence-corrected chi connectivity index (χ1v) is 8.54. The lowest BCUT2D eigenvalue weighted by atomic mass is 10.2. The molecular formula is C16H15BrF4N2O5.